The van der Waals surface area contributed by atoms with Gasteiger partial charge < -0.3 is 10.6 Å². The normalized spacial score (nSPS) is 29.3. The van der Waals surface area contributed by atoms with E-state index < -0.39 is 0 Å². The van der Waals surface area contributed by atoms with E-state index >= 15 is 0 Å². The number of aromatic nitrogens is 1. The molecule has 0 saturated heterocycles. The molecule has 2 bridgehead atoms. The number of anilines is 1. The molecular formula is C16H25N3. The van der Waals surface area contributed by atoms with Gasteiger partial charge in [-0.05, 0) is 56.2 Å². The molecule has 19 heavy (non-hydrogen) atoms. The Bertz CT molecular complexity index is 415. The minimum absolute atomic E-state index is 0.749. The summed E-state index contributed by atoms with van der Waals surface area (Å²) in [6.07, 6.45) is 8.76. The van der Waals surface area contributed by atoms with Crippen LogP contribution in [0.3, 0.4) is 0 Å². The zero-order valence-corrected chi connectivity index (χ0v) is 11.9. The SMILES string of the molecule is CN(CCc1ccc(N)cn1)CC1CC2CCC1C2. The lowest BCUT2D eigenvalue weighted by molar-refractivity contribution is 0.221. The van der Waals surface area contributed by atoms with Crippen molar-refractivity contribution in [3.05, 3.63) is 24.0 Å². The maximum Gasteiger partial charge on any atom is 0.0501 e. The fourth-order valence-corrected chi connectivity index (χ4v) is 3.98. The molecule has 0 aliphatic heterocycles. The standard InChI is InChI=1S/C16H25N3/c1-19(7-6-16-5-4-15(17)10-18-16)11-14-9-12-2-3-13(14)8-12/h4-5,10,12-14H,2-3,6-9,11,17H2,1H3. The molecule has 2 aliphatic rings. The summed E-state index contributed by atoms with van der Waals surface area (Å²) in [5, 5.41) is 0. The summed E-state index contributed by atoms with van der Waals surface area (Å²) in [4.78, 5) is 6.86. The third kappa shape index (κ3) is 3.08. The molecule has 2 saturated carbocycles. The first-order valence-corrected chi connectivity index (χ1v) is 7.59. The van der Waals surface area contributed by atoms with Crippen LogP contribution in [0, 0.1) is 17.8 Å². The highest BCUT2D eigenvalue weighted by Gasteiger charge is 2.39. The molecule has 2 N–H and O–H groups in total. The molecule has 3 nitrogen and oxygen atoms in total. The number of hydrogen-bond acceptors (Lipinski definition) is 3. The van der Waals surface area contributed by atoms with Crippen LogP contribution in [-0.2, 0) is 6.42 Å². The molecule has 1 heterocycles. The molecule has 0 amide bonds. The molecule has 3 unspecified atom stereocenters. The van der Waals surface area contributed by atoms with E-state index in [9.17, 15) is 0 Å². The van der Waals surface area contributed by atoms with Crippen molar-refractivity contribution >= 4 is 5.69 Å². The third-order valence-electron chi connectivity index (χ3n) is 5.03. The van der Waals surface area contributed by atoms with E-state index in [4.69, 9.17) is 5.73 Å². The first kappa shape index (κ1) is 12.9. The Morgan fingerprint density at radius 2 is 2.21 bits per heavy atom. The molecule has 3 rings (SSSR count). The molecule has 3 atom stereocenters. The second-order valence-corrected chi connectivity index (χ2v) is 6.53. The number of fused-ring (bicyclic) bond motifs is 2. The lowest BCUT2D eigenvalue weighted by Gasteiger charge is -2.27. The molecule has 2 aliphatic carbocycles. The van der Waals surface area contributed by atoms with Crippen molar-refractivity contribution in [2.24, 2.45) is 17.8 Å². The van der Waals surface area contributed by atoms with Crippen LogP contribution in [-0.4, -0.2) is 30.0 Å². The Kier molecular flexibility index (Phi) is 3.74. The lowest BCUT2D eigenvalue weighted by atomic mass is 9.88. The van der Waals surface area contributed by atoms with Crippen LogP contribution >= 0.6 is 0 Å². The molecule has 1 aromatic rings. The molecule has 0 spiro atoms. The van der Waals surface area contributed by atoms with Gasteiger partial charge in [0.25, 0.3) is 0 Å². The van der Waals surface area contributed by atoms with Gasteiger partial charge in [-0.25, -0.2) is 0 Å². The van der Waals surface area contributed by atoms with Gasteiger partial charge in [-0.1, -0.05) is 6.42 Å². The minimum atomic E-state index is 0.749. The Morgan fingerprint density at radius 3 is 2.84 bits per heavy atom. The number of nitrogens with two attached hydrogens (primary N) is 1. The molecule has 2 fully saturated rings. The summed E-state index contributed by atoms with van der Waals surface area (Å²) in [6, 6.07) is 3.99. The second kappa shape index (κ2) is 5.49. The van der Waals surface area contributed by atoms with Gasteiger partial charge in [0, 0.05) is 25.2 Å². The average molecular weight is 259 g/mol. The van der Waals surface area contributed by atoms with E-state index in [-0.39, 0.29) is 0 Å². The fourth-order valence-electron chi connectivity index (χ4n) is 3.98. The molecule has 0 aromatic carbocycles. The highest BCUT2D eigenvalue weighted by atomic mass is 15.1. The fraction of sp³-hybridized carbons (Fsp3) is 0.688. The molecule has 3 heteroatoms. The maximum absolute atomic E-state index is 5.65. The smallest absolute Gasteiger partial charge is 0.0501 e. The van der Waals surface area contributed by atoms with Crippen molar-refractivity contribution < 1.29 is 0 Å². The Balaban J connectivity index is 1.44. The van der Waals surface area contributed by atoms with Gasteiger partial charge in [-0.2, -0.15) is 0 Å². The van der Waals surface area contributed by atoms with Gasteiger partial charge in [-0.15, -0.1) is 0 Å². The number of nitrogen functional groups attached to an aromatic ring is 1. The van der Waals surface area contributed by atoms with E-state index in [0.29, 0.717) is 0 Å². The summed E-state index contributed by atoms with van der Waals surface area (Å²) in [6.45, 7) is 2.38. The topological polar surface area (TPSA) is 42.1 Å². The van der Waals surface area contributed by atoms with Crippen LogP contribution in [0.1, 0.15) is 31.4 Å². The summed E-state index contributed by atoms with van der Waals surface area (Å²) in [5.41, 5.74) is 7.55. The Labute approximate surface area is 116 Å². The largest absolute Gasteiger partial charge is 0.397 e. The first-order valence-electron chi connectivity index (χ1n) is 7.59. The summed E-state index contributed by atoms with van der Waals surface area (Å²) in [7, 11) is 2.25. The van der Waals surface area contributed by atoms with Gasteiger partial charge in [0.15, 0.2) is 0 Å². The number of likely N-dealkylation sites (N-methyl/N-ethyl adjacent to an activating group) is 1. The van der Waals surface area contributed by atoms with Crippen molar-refractivity contribution in [1.82, 2.24) is 9.88 Å². The predicted molar refractivity (Wildman–Crippen MR) is 78.8 cm³/mol. The zero-order valence-electron chi connectivity index (χ0n) is 11.9. The predicted octanol–water partition coefficient (Wildman–Crippen LogP) is 2.57. The van der Waals surface area contributed by atoms with Gasteiger partial charge in [0.1, 0.15) is 0 Å². The van der Waals surface area contributed by atoms with Gasteiger partial charge >= 0.3 is 0 Å². The number of rotatable bonds is 5. The maximum atomic E-state index is 5.65. The number of pyridine rings is 1. The van der Waals surface area contributed by atoms with Crippen LogP contribution in [0.2, 0.25) is 0 Å². The highest BCUT2D eigenvalue weighted by Crippen LogP contribution is 2.48. The number of nitrogens with zero attached hydrogens (tertiary/aromatic N) is 2. The monoisotopic (exact) mass is 259 g/mol. The van der Waals surface area contributed by atoms with E-state index in [1.807, 2.05) is 12.1 Å². The van der Waals surface area contributed by atoms with Crippen molar-refractivity contribution in [2.75, 3.05) is 25.9 Å². The van der Waals surface area contributed by atoms with Crippen molar-refractivity contribution in [3.8, 4) is 0 Å². The Morgan fingerprint density at radius 1 is 1.32 bits per heavy atom. The number of hydrogen-bond donors (Lipinski definition) is 1. The van der Waals surface area contributed by atoms with Crippen LogP contribution in [0.25, 0.3) is 0 Å². The van der Waals surface area contributed by atoms with Crippen LogP contribution in [0.4, 0.5) is 5.69 Å². The van der Waals surface area contributed by atoms with Gasteiger partial charge in [0.05, 0.1) is 11.9 Å². The summed E-state index contributed by atoms with van der Waals surface area (Å²) in [5.74, 6) is 3.05. The first-order chi connectivity index (χ1) is 9.20. The minimum Gasteiger partial charge on any atom is -0.397 e. The van der Waals surface area contributed by atoms with E-state index in [0.717, 1.165) is 42.1 Å². The van der Waals surface area contributed by atoms with E-state index in [2.05, 4.69) is 16.9 Å². The second-order valence-electron chi connectivity index (χ2n) is 6.53. The molecule has 104 valence electrons. The van der Waals surface area contributed by atoms with Crippen molar-refractivity contribution in [2.45, 2.75) is 32.1 Å². The van der Waals surface area contributed by atoms with Crippen LogP contribution in [0.15, 0.2) is 18.3 Å². The molecule has 0 radical (unpaired) electrons. The van der Waals surface area contributed by atoms with Crippen LogP contribution < -0.4 is 5.73 Å². The van der Waals surface area contributed by atoms with E-state index in [1.165, 1.54) is 32.2 Å². The van der Waals surface area contributed by atoms with E-state index in [1.54, 1.807) is 6.20 Å². The van der Waals surface area contributed by atoms with Crippen LogP contribution in [0.5, 0.6) is 0 Å². The highest BCUT2D eigenvalue weighted by molar-refractivity contribution is 5.34. The lowest BCUT2D eigenvalue weighted by Crippen LogP contribution is -2.30. The quantitative estimate of drug-likeness (QED) is 0.883. The van der Waals surface area contributed by atoms with Crippen molar-refractivity contribution in [1.29, 1.82) is 0 Å². The Hall–Kier alpha value is -1.09. The summed E-state index contributed by atoms with van der Waals surface area (Å²) >= 11 is 0. The third-order valence-corrected chi connectivity index (χ3v) is 5.03. The van der Waals surface area contributed by atoms with Gasteiger partial charge in [-0.3, -0.25) is 4.98 Å². The average Bonchev–Trinajstić information content (AvgIpc) is 3.00. The van der Waals surface area contributed by atoms with Gasteiger partial charge in [0.2, 0.25) is 0 Å². The molecular weight excluding hydrogens is 234 g/mol. The summed E-state index contributed by atoms with van der Waals surface area (Å²) < 4.78 is 0. The molecule has 1 aromatic heterocycles. The zero-order chi connectivity index (χ0) is 13.2. The van der Waals surface area contributed by atoms with Crippen molar-refractivity contribution in [3.63, 3.8) is 0 Å².